The van der Waals surface area contributed by atoms with Crippen LogP contribution in [0, 0.1) is 6.92 Å². The van der Waals surface area contributed by atoms with Crippen molar-refractivity contribution in [3.05, 3.63) is 134 Å². The quantitative estimate of drug-likeness (QED) is 0.0907. The van der Waals surface area contributed by atoms with Gasteiger partial charge >= 0.3 is 0 Å². The first kappa shape index (κ1) is 40.4. The van der Waals surface area contributed by atoms with Gasteiger partial charge in [0.25, 0.3) is 0 Å². The molecule has 2 aromatic heterocycles. The van der Waals surface area contributed by atoms with Crippen molar-refractivity contribution in [2.24, 2.45) is 0 Å². The highest BCUT2D eigenvalue weighted by Crippen LogP contribution is 2.31. The Hall–Kier alpha value is -4.24. The molecule has 6 rings (SSSR count). The SMILES string of the molecule is CCN(CC)S(=O)(=O)c1ccc(-c2csc(Cc3cccc(CCN(CC)S(=O)(=O)c4ccc(-c5csc(Cc6cccc(C)c6)n5)cc4)c3OC)n2)cc1. The van der Waals surface area contributed by atoms with Crippen molar-refractivity contribution in [1.82, 2.24) is 18.6 Å². The van der Waals surface area contributed by atoms with Crippen LogP contribution in [0.3, 0.4) is 0 Å². The van der Waals surface area contributed by atoms with E-state index in [0.29, 0.717) is 38.2 Å². The summed E-state index contributed by atoms with van der Waals surface area (Å²) < 4.78 is 62.3. The number of aryl methyl sites for hydroxylation is 1. The molecule has 0 unspecified atom stereocenters. The first-order valence-electron chi connectivity index (χ1n) is 18.3. The lowest BCUT2D eigenvalue weighted by atomic mass is 10.0. The molecule has 0 bridgehead atoms. The molecule has 0 radical (unpaired) electrons. The average molecular weight is 815 g/mol. The van der Waals surface area contributed by atoms with Crippen LogP contribution in [-0.4, -0.2) is 68.7 Å². The van der Waals surface area contributed by atoms with E-state index in [-0.39, 0.29) is 16.3 Å². The minimum Gasteiger partial charge on any atom is -0.496 e. The number of thiazole rings is 2. The van der Waals surface area contributed by atoms with E-state index < -0.39 is 20.0 Å². The van der Waals surface area contributed by atoms with Crippen LogP contribution in [0.25, 0.3) is 22.5 Å². The Labute approximate surface area is 333 Å². The van der Waals surface area contributed by atoms with Gasteiger partial charge in [-0.25, -0.2) is 26.8 Å². The second-order valence-corrected chi connectivity index (χ2v) is 18.9. The second-order valence-electron chi connectivity index (χ2n) is 13.1. The predicted molar refractivity (Wildman–Crippen MR) is 223 cm³/mol. The van der Waals surface area contributed by atoms with Gasteiger partial charge in [0.05, 0.1) is 38.3 Å². The van der Waals surface area contributed by atoms with Gasteiger partial charge in [0.2, 0.25) is 20.0 Å². The Kier molecular flexibility index (Phi) is 13.0. The van der Waals surface area contributed by atoms with Gasteiger partial charge in [0.15, 0.2) is 0 Å². The van der Waals surface area contributed by atoms with Crippen LogP contribution < -0.4 is 4.74 Å². The van der Waals surface area contributed by atoms with Gasteiger partial charge in [0.1, 0.15) is 5.75 Å². The summed E-state index contributed by atoms with van der Waals surface area (Å²) in [5, 5.41) is 5.88. The van der Waals surface area contributed by atoms with Gasteiger partial charge in [-0.15, -0.1) is 22.7 Å². The van der Waals surface area contributed by atoms with E-state index in [0.717, 1.165) is 50.1 Å². The van der Waals surface area contributed by atoms with Crippen molar-refractivity contribution in [3.63, 3.8) is 0 Å². The normalized spacial score (nSPS) is 12.1. The topological polar surface area (TPSA) is 110 Å². The number of likely N-dealkylation sites (N-methyl/N-ethyl adjacent to an activating group) is 1. The third kappa shape index (κ3) is 9.25. The summed E-state index contributed by atoms with van der Waals surface area (Å²) in [6.45, 7) is 9.03. The molecule has 2 heterocycles. The molecule has 6 aromatic rings. The smallest absolute Gasteiger partial charge is 0.243 e. The van der Waals surface area contributed by atoms with Gasteiger partial charge in [-0.1, -0.05) is 93.1 Å². The fraction of sp³-hybridized carbons (Fsp3) is 0.286. The number of hydrogen-bond acceptors (Lipinski definition) is 9. The van der Waals surface area contributed by atoms with E-state index in [1.807, 2.05) is 61.9 Å². The number of para-hydroxylation sites is 1. The number of aromatic nitrogens is 2. The van der Waals surface area contributed by atoms with Gasteiger partial charge in [-0.05, 0) is 48.7 Å². The van der Waals surface area contributed by atoms with Crippen LogP contribution in [0.1, 0.15) is 53.0 Å². The highest BCUT2D eigenvalue weighted by atomic mass is 32.2. The zero-order valence-electron chi connectivity index (χ0n) is 31.7. The number of sulfonamides is 2. The molecule has 13 heteroatoms. The zero-order chi connectivity index (χ0) is 39.2. The molecule has 0 atom stereocenters. The monoisotopic (exact) mass is 814 g/mol. The maximum Gasteiger partial charge on any atom is 0.243 e. The van der Waals surface area contributed by atoms with Gasteiger partial charge in [-0.3, -0.25) is 0 Å². The number of nitrogens with zero attached hydrogens (tertiary/aromatic N) is 4. The van der Waals surface area contributed by atoms with Crippen molar-refractivity contribution in [3.8, 4) is 28.3 Å². The minimum atomic E-state index is -3.75. The molecule has 0 aliphatic carbocycles. The van der Waals surface area contributed by atoms with E-state index in [1.165, 1.54) is 31.1 Å². The number of rotatable bonds is 17. The fourth-order valence-corrected chi connectivity index (χ4v) is 11.2. The molecule has 9 nitrogen and oxygen atoms in total. The molecule has 288 valence electrons. The molecule has 0 aliphatic heterocycles. The Morgan fingerprint density at radius 3 is 1.67 bits per heavy atom. The largest absolute Gasteiger partial charge is 0.496 e. The number of benzene rings is 4. The first-order chi connectivity index (χ1) is 26.5. The molecular formula is C42H46N4O5S4. The van der Waals surface area contributed by atoms with Crippen molar-refractivity contribution < 1.29 is 21.6 Å². The predicted octanol–water partition coefficient (Wildman–Crippen LogP) is 8.72. The van der Waals surface area contributed by atoms with Crippen LogP contribution in [0.15, 0.2) is 112 Å². The van der Waals surface area contributed by atoms with E-state index in [4.69, 9.17) is 14.7 Å². The summed E-state index contributed by atoms with van der Waals surface area (Å²) in [4.78, 5) is 10.2. The second kappa shape index (κ2) is 17.7. The van der Waals surface area contributed by atoms with Crippen LogP contribution in [0.5, 0.6) is 5.75 Å². The molecule has 0 fully saturated rings. The first-order valence-corrected chi connectivity index (χ1v) is 22.9. The van der Waals surface area contributed by atoms with Crippen LogP contribution in [-0.2, 0) is 39.3 Å². The maximum atomic E-state index is 13.8. The summed E-state index contributed by atoms with van der Waals surface area (Å²) in [5.41, 5.74) is 7.62. The van der Waals surface area contributed by atoms with Crippen LogP contribution >= 0.6 is 22.7 Å². The Morgan fingerprint density at radius 1 is 0.636 bits per heavy atom. The highest BCUT2D eigenvalue weighted by Gasteiger charge is 2.25. The third-order valence-corrected chi connectivity index (χ3v) is 15.3. The molecule has 0 spiro atoms. The van der Waals surface area contributed by atoms with E-state index in [1.54, 1.807) is 54.8 Å². The lowest BCUT2D eigenvalue weighted by molar-refractivity contribution is 0.397. The highest BCUT2D eigenvalue weighted by molar-refractivity contribution is 7.89. The number of methoxy groups -OCH3 is 1. The number of ether oxygens (including phenoxy) is 1. The summed E-state index contributed by atoms with van der Waals surface area (Å²) in [6, 6.07) is 28.2. The Morgan fingerprint density at radius 2 is 1.15 bits per heavy atom. The van der Waals surface area contributed by atoms with Crippen molar-refractivity contribution in [2.75, 3.05) is 33.3 Å². The summed E-state index contributed by atoms with van der Waals surface area (Å²) in [6.07, 6.45) is 1.76. The van der Waals surface area contributed by atoms with E-state index in [9.17, 15) is 16.8 Å². The lowest BCUT2D eigenvalue weighted by Crippen LogP contribution is -2.32. The Bertz CT molecular complexity index is 2440. The molecule has 0 saturated carbocycles. The maximum absolute atomic E-state index is 13.8. The summed E-state index contributed by atoms with van der Waals surface area (Å²) in [5.74, 6) is 0.716. The molecule has 0 amide bonds. The van der Waals surface area contributed by atoms with Gasteiger partial charge in [0, 0.05) is 66.5 Å². The molecule has 4 aromatic carbocycles. The van der Waals surface area contributed by atoms with Gasteiger partial charge in [-0.2, -0.15) is 8.61 Å². The van der Waals surface area contributed by atoms with Crippen molar-refractivity contribution in [2.45, 2.75) is 56.7 Å². The zero-order valence-corrected chi connectivity index (χ0v) is 35.0. The van der Waals surface area contributed by atoms with Crippen molar-refractivity contribution >= 4 is 42.7 Å². The molecule has 0 N–H and O–H groups in total. The van der Waals surface area contributed by atoms with Crippen LogP contribution in [0.4, 0.5) is 0 Å². The average Bonchev–Trinajstić information content (AvgIpc) is 3.86. The fourth-order valence-electron chi connectivity index (χ4n) is 6.60. The summed E-state index contributed by atoms with van der Waals surface area (Å²) in [7, 11) is -5.66. The van der Waals surface area contributed by atoms with E-state index >= 15 is 0 Å². The lowest BCUT2D eigenvalue weighted by Gasteiger charge is -2.22. The summed E-state index contributed by atoms with van der Waals surface area (Å²) >= 11 is 3.13. The molecule has 0 aliphatic rings. The van der Waals surface area contributed by atoms with Crippen LogP contribution in [0.2, 0.25) is 0 Å². The minimum absolute atomic E-state index is 0.244. The molecule has 55 heavy (non-hydrogen) atoms. The number of hydrogen-bond donors (Lipinski definition) is 0. The molecule has 0 saturated heterocycles. The van der Waals surface area contributed by atoms with Crippen molar-refractivity contribution in [1.29, 1.82) is 0 Å². The molecular weight excluding hydrogens is 769 g/mol. The van der Waals surface area contributed by atoms with Gasteiger partial charge < -0.3 is 4.74 Å². The van der Waals surface area contributed by atoms with E-state index in [2.05, 4.69) is 31.2 Å². The third-order valence-electron chi connectivity index (χ3n) is 9.53. The Balaban J connectivity index is 1.11. The standard InChI is InChI=1S/C42H46N4O5S4/c1-6-45(7-2)54(47,48)36-19-15-33(16-20-36)39-29-53-41(44-39)27-35-14-10-13-34(42(35)51-5)23-24-46(8-3)55(49,50)37-21-17-32(18-22-37)38-28-52-40(43-38)26-31-12-9-11-30(4)25-31/h9-22,25,28-29H,6-8,23-24,26-27H2,1-5H3.